The molecular weight excluding hydrogens is 258 g/mol. The number of carbonyl (C=O) groups is 2. The van der Waals surface area contributed by atoms with Crippen LogP contribution >= 0.6 is 0 Å². The Morgan fingerprint density at radius 2 is 1.90 bits per heavy atom. The third-order valence-corrected chi connectivity index (χ3v) is 3.19. The normalized spacial score (nSPS) is 16.2. The van der Waals surface area contributed by atoms with Crippen LogP contribution in [0, 0.1) is 17.8 Å². The molecule has 0 saturated heterocycles. The van der Waals surface area contributed by atoms with Crippen LogP contribution in [0.1, 0.15) is 46.5 Å². The van der Waals surface area contributed by atoms with Gasteiger partial charge in [-0.15, -0.1) is 5.92 Å². The summed E-state index contributed by atoms with van der Waals surface area (Å²) < 4.78 is 10.2. The number of carbonyl (C=O) groups excluding carboxylic acids is 2. The Morgan fingerprint density at radius 1 is 1.25 bits per heavy atom. The molecule has 0 aromatic rings. The lowest BCUT2D eigenvalue weighted by atomic mass is 9.98. The predicted octanol–water partition coefficient (Wildman–Crippen LogP) is 2.25. The maximum absolute atomic E-state index is 12.2. The molecule has 112 valence electrons. The SMILES string of the molecule is CC#CCOC(=O)NC1(C(=O)OCC(C)C)CCCC1. The summed E-state index contributed by atoms with van der Waals surface area (Å²) in [4.78, 5) is 23.9. The van der Waals surface area contributed by atoms with Crippen molar-refractivity contribution in [2.24, 2.45) is 5.92 Å². The van der Waals surface area contributed by atoms with Crippen LogP contribution < -0.4 is 5.32 Å². The Balaban J connectivity index is 2.59. The number of nitrogens with one attached hydrogen (secondary N) is 1. The standard InChI is InChI=1S/C15H23NO4/c1-4-5-10-19-14(18)16-15(8-6-7-9-15)13(17)20-11-12(2)3/h12H,6-11H2,1-3H3,(H,16,18). The highest BCUT2D eigenvalue weighted by atomic mass is 16.6. The lowest BCUT2D eigenvalue weighted by Gasteiger charge is -2.27. The van der Waals surface area contributed by atoms with Gasteiger partial charge < -0.3 is 14.8 Å². The lowest BCUT2D eigenvalue weighted by molar-refractivity contribution is -0.152. The van der Waals surface area contributed by atoms with E-state index in [4.69, 9.17) is 9.47 Å². The monoisotopic (exact) mass is 281 g/mol. The van der Waals surface area contributed by atoms with E-state index in [1.54, 1.807) is 6.92 Å². The van der Waals surface area contributed by atoms with Crippen LogP contribution in [0.25, 0.3) is 0 Å². The quantitative estimate of drug-likeness (QED) is 0.620. The molecule has 0 heterocycles. The molecule has 5 nitrogen and oxygen atoms in total. The highest BCUT2D eigenvalue weighted by Gasteiger charge is 2.44. The second-order valence-corrected chi connectivity index (χ2v) is 5.41. The zero-order valence-corrected chi connectivity index (χ0v) is 12.5. The fraction of sp³-hybridized carbons (Fsp3) is 0.733. The number of hydrogen-bond acceptors (Lipinski definition) is 4. The Labute approximate surface area is 120 Å². The smallest absolute Gasteiger partial charge is 0.409 e. The minimum Gasteiger partial charge on any atom is -0.464 e. The number of esters is 1. The Morgan fingerprint density at radius 3 is 2.45 bits per heavy atom. The van der Waals surface area contributed by atoms with Crippen LogP contribution in [0.4, 0.5) is 4.79 Å². The molecule has 0 aromatic heterocycles. The van der Waals surface area contributed by atoms with Crippen molar-refractivity contribution in [3.05, 3.63) is 0 Å². The molecule has 0 aliphatic heterocycles. The first-order chi connectivity index (χ1) is 9.50. The number of hydrogen-bond donors (Lipinski definition) is 1. The summed E-state index contributed by atoms with van der Waals surface area (Å²) in [6, 6.07) is 0. The third kappa shape index (κ3) is 4.76. The fourth-order valence-electron chi connectivity index (χ4n) is 2.14. The largest absolute Gasteiger partial charge is 0.464 e. The van der Waals surface area contributed by atoms with E-state index in [0.29, 0.717) is 19.4 Å². The van der Waals surface area contributed by atoms with Gasteiger partial charge in [0.2, 0.25) is 0 Å². The number of amides is 1. The fourth-order valence-corrected chi connectivity index (χ4v) is 2.14. The van der Waals surface area contributed by atoms with Gasteiger partial charge in [0.15, 0.2) is 6.61 Å². The van der Waals surface area contributed by atoms with Crippen molar-refractivity contribution in [2.75, 3.05) is 13.2 Å². The van der Waals surface area contributed by atoms with Gasteiger partial charge in [-0.2, -0.15) is 0 Å². The minimum atomic E-state index is -0.925. The number of ether oxygens (including phenoxy) is 2. The van der Waals surface area contributed by atoms with Crippen molar-refractivity contribution < 1.29 is 19.1 Å². The molecule has 0 atom stereocenters. The molecule has 20 heavy (non-hydrogen) atoms. The molecule has 0 unspecified atom stereocenters. The van der Waals surface area contributed by atoms with Crippen molar-refractivity contribution >= 4 is 12.1 Å². The molecule has 0 aromatic carbocycles. The van der Waals surface area contributed by atoms with Gasteiger partial charge in [0.25, 0.3) is 0 Å². The van der Waals surface area contributed by atoms with Gasteiger partial charge in [-0.05, 0) is 25.7 Å². The molecule has 1 aliphatic carbocycles. The molecule has 1 saturated carbocycles. The average molecular weight is 281 g/mol. The van der Waals surface area contributed by atoms with Crippen molar-refractivity contribution in [1.29, 1.82) is 0 Å². The predicted molar refractivity (Wildman–Crippen MR) is 74.9 cm³/mol. The highest BCUT2D eigenvalue weighted by Crippen LogP contribution is 2.31. The summed E-state index contributed by atoms with van der Waals surface area (Å²) in [5, 5.41) is 2.67. The van der Waals surface area contributed by atoms with E-state index >= 15 is 0 Å². The molecule has 0 bridgehead atoms. The summed E-state index contributed by atoms with van der Waals surface area (Å²) in [6.45, 7) is 6.00. The van der Waals surface area contributed by atoms with E-state index in [2.05, 4.69) is 17.2 Å². The molecule has 1 aliphatic rings. The van der Waals surface area contributed by atoms with Crippen molar-refractivity contribution in [3.8, 4) is 11.8 Å². The minimum absolute atomic E-state index is 0.0272. The second kappa shape index (κ2) is 7.78. The first-order valence-corrected chi connectivity index (χ1v) is 7.02. The Bertz CT molecular complexity index is 400. The summed E-state index contributed by atoms with van der Waals surface area (Å²) >= 11 is 0. The number of rotatable bonds is 5. The first kappa shape index (κ1) is 16.4. The van der Waals surface area contributed by atoms with Gasteiger partial charge in [-0.25, -0.2) is 9.59 Å². The molecule has 1 fully saturated rings. The van der Waals surface area contributed by atoms with Crippen LogP contribution in [-0.4, -0.2) is 30.8 Å². The average Bonchev–Trinajstić information content (AvgIpc) is 2.86. The van der Waals surface area contributed by atoms with Crippen molar-refractivity contribution in [1.82, 2.24) is 5.32 Å². The van der Waals surface area contributed by atoms with Crippen molar-refractivity contribution in [3.63, 3.8) is 0 Å². The van der Waals surface area contributed by atoms with Gasteiger partial charge in [0, 0.05) is 0 Å². The third-order valence-electron chi connectivity index (χ3n) is 3.19. The highest BCUT2D eigenvalue weighted by molar-refractivity contribution is 5.86. The Kier molecular flexibility index (Phi) is 6.37. The van der Waals surface area contributed by atoms with E-state index < -0.39 is 11.6 Å². The molecule has 0 radical (unpaired) electrons. The molecule has 0 spiro atoms. The molecule has 1 amide bonds. The van der Waals surface area contributed by atoms with E-state index in [9.17, 15) is 9.59 Å². The van der Waals surface area contributed by atoms with Crippen molar-refractivity contribution in [2.45, 2.75) is 52.0 Å². The second-order valence-electron chi connectivity index (χ2n) is 5.41. The topological polar surface area (TPSA) is 64.6 Å². The maximum atomic E-state index is 12.2. The van der Waals surface area contributed by atoms with Gasteiger partial charge in [-0.1, -0.05) is 32.6 Å². The van der Waals surface area contributed by atoms with Crippen LogP contribution in [-0.2, 0) is 14.3 Å². The zero-order chi connectivity index (χ0) is 15.0. The van der Waals surface area contributed by atoms with Gasteiger partial charge in [-0.3, -0.25) is 0 Å². The van der Waals surface area contributed by atoms with Crippen LogP contribution in [0.15, 0.2) is 0 Å². The van der Waals surface area contributed by atoms with Gasteiger partial charge in [0.05, 0.1) is 6.61 Å². The lowest BCUT2D eigenvalue weighted by Crippen LogP contribution is -2.53. The van der Waals surface area contributed by atoms with Crippen LogP contribution in [0.3, 0.4) is 0 Å². The molecule has 1 N–H and O–H groups in total. The van der Waals surface area contributed by atoms with Crippen LogP contribution in [0.2, 0.25) is 0 Å². The number of alkyl carbamates (subject to hydrolysis) is 1. The van der Waals surface area contributed by atoms with Gasteiger partial charge >= 0.3 is 12.1 Å². The van der Waals surface area contributed by atoms with Gasteiger partial charge in [0.1, 0.15) is 5.54 Å². The first-order valence-electron chi connectivity index (χ1n) is 7.02. The molecule has 5 heteroatoms. The summed E-state index contributed by atoms with van der Waals surface area (Å²) in [5.41, 5.74) is -0.925. The Hall–Kier alpha value is -1.70. The molecular formula is C15H23NO4. The summed E-state index contributed by atoms with van der Waals surface area (Å²) in [5.74, 6) is 5.18. The summed E-state index contributed by atoms with van der Waals surface area (Å²) in [6.07, 6.45) is 2.37. The van der Waals surface area contributed by atoms with E-state index in [1.165, 1.54) is 0 Å². The van der Waals surface area contributed by atoms with Crippen LogP contribution in [0.5, 0.6) is 0 Å². The van der Waals surface area contributed by atoms with E-state index in [0.717, 1.165) is 12.8 Å². The van der Waals surface area contributed by atoms with E-state index in [1.807, 2.05) is 13.8 Å². The maximum Gasteiger partial charge on any atom is 0.409 e. The van der Waals surface area contributed by atoms with E-state index in [-0.39, 0.29) is 18.5 Å². The molecule has 1 rings (SSSR count). The summed E-state index contributed by atoms with van der Waals surface area (Å²) in [7, 11) is 0. The zero-order valence-electron chi connectivity index (χ0n) is 12.5.